The Hall–Kier alpha value is -1.09. The van der Waals surface area contributed by atoms with Crippen molar-refractivity contribution in [3.8, 4) is 5.88 Å². The third-order valence-corrected chi connectivity index (χ3v) is 1.81. The Morgan fingerprint density at radius 2 is 2.31 bits per heavy atom. The van der Waals surface area contributed by atoms with E-state index < -0.39 is 0 Å². The van der Waals surface area contributed by atoms with Gasteiger partial charge >= 0.3 is 0 Å². The summed E-state index contributed by atoms with van der Waals surface area (Å²) in [4.78, 5) is 4.12. The molecule has 0 aliphatic carbocycles. The number of hydrogen-bond acceptors (Lipinski definition) is 3. The zero-order valence-electron chi connectivity index (χ0n) is 8.24. The molecule has 0 radical (unpaired) electrons. The number of aryl methyl sites for hydroxylation is 1. The Bertz CT molecular complexity index is 284. The summed E-state index contributed by atoms with van der Waals surface area (Å²) in [5.74, 6) is 0.648. The molecule has 0 aromatic carbocycles. The standard InChI is InChI=1S/C10H15NO2/c1-7-4-9(5-8(2)12)6-11-10(7)13-3/h4,6,8,12H,5H2,1-3H3/t8-/m0/s1. The number of rotatable bonds is 3. The lowest BCUT2D eigenvalue weighted by Gasteiger charge is -2.07. The van der Waals surface area contributed by atoms with Gasteiger partial charge < -0.3 is 9.84 Å². The number of aliphatic hydroxyl groups excluding tert-OH is 1. The van der Waals surface area contributed by atoms with Gasteiger partial charge in [0.05, 0.1) is 13.2 Å². The van der Waals surface area contributed by atoms with E-state index in [4.69, 9.17) is 9.84 Å². The maximum atomic E-state index is 9.16. The molecule has 0 bridgehead atoms. The van der Waals surface area contributed by atoms with Crippen LogP contribution in [-0.4, -0.2) is 23.3 Å². The van der Waals surface area contributed by atoms with Crippen molar-refractivity contribution >= 4 is 0 Å². The van der Waals surface area contributed by atoms with Crippen molar-refractivity contribution in [2.24, 2.45) is 0 Å². The molecule has 0 unspecified atom stereocenters. The molecule has 1 heterocycles. The molecule has 0 aliphatic rings. The lowest BCUT2D eigenvalue weighted by molar-refractivity contribution is 0.195. The number of pyridine rings is 1. The summed E-state index contributed by atoms with van der Waals surface area (Å²) in [6, 6.07) is 1.98. The average Bonchev–Trinajstić information content (AvgIpc) is 2.03. The predicted molar refractivity (Wildman–Crippen MR) is 50.9 cm³/mol. The maximum absolute atomic E-state index is 9.16. The molecule has 1 aromatic rings. The van der Waals surface area contributed by atoms with Crippen LogP contribution in [-0.2, 0) is 6.42 Å². The molecular weight excluding hydrogens is 166 g/mol. The quantitative estimate of drug-likeness (QED) is 0.764. The SMILES string of the molecule is COc1ncc(C[C@H](C)O)cc1C. The van der Waals surface area contributed by atoms with Crippen molar-refractivity contribution in [2.45, 2.75) is 26.4 Å². The molecule has 1 atom stereocenters. The largest absolute Gasteiger partial charge is 0.481 e. The summed E-state index contributed by atoms with van der Waals surface area (Å²) in [5.41, 5.74) is 2.04. The van der Waals surface area contributed by atoms with Gasteiger partial charge in [0.25, 0.3) is 0 Å². The van der Waals surface area contributed by atoms with E-state index in [9.17, 15) is 0 Å². The molecule has 0 fully saturated rings. The molecule has 0 aliphatic heterocycles. The van der Waals surface area contributed by atoms with Gasteiger partial charge in [0.2, 0.25) is 5.88 Å². The van der Waals surface area contributed by atoms with Crippen LogP contribution in [0, 0.1) is 6.92 Å². The molecular formula is C10H15NO2. The number of aliphatic hydroxyl groups is 1. The van der Waals surface area contributed by atoms with Crippen LogP contribution in [0.5, 0.6) is 5.88 Å². The molecule has 3 heteroatoms. The third kappa shape index (κ3) is 2.70. The number of ether oxygens (including phenoxy) is 1. The minimum absolute atomic E-state index is 0.324. The van der Waals surface area contributed by atoms with Gasteiger partial charge in [-0.15, -0.1) is 0 Å². The highest BCUT2D eigenvalue weighted by Gasteiger charge is 2.03. The Morgan fingerprint density at radius 1 is 1.62 bits per heavy atom. The monoisotopic (exact) mass is 181 g/mol. The molecule has 1 N–H and O–H groups in total. The van der Waals surface area contributed by atoms with Crippen molar-refractivity contribution < 1.29 is 9.84 Å². The van der Waals surface area contributed by atoms with E-state index in [1.807, 2.05) is 13.0 Å². The van der Waals surface area contributed by atoms with Crippen LogP contribution >= 0.6 is 0 Å². The van der Waals surface area contributed by atoms with Crippen molar-refractivity contribution in [3.05, 3.63) is 23.4 Å². The van der Waals surface area contributed by atoms with Crippen molar-refractivity contribution in [3.63, 3.8) is 0 Å². The van der Waals surface area contributed by atoms with E-state index in [1.165, 1.54) is 0 Å². The third-order valence-electron chi connectivity index (χ3n) is 1.81. The Balaban J connectivity index is 2.83. The zero-order chi connectivity index (χ0) is 9.84. The van der Waals surface area contributed by atoms with Crippen LogP contribution in [0.1, 0.15) is 18.1 Å². The van der Waals surface area contributed by atoms with Crippen LogP contribution in [0.25, 0.3) is 0 Å². The Kier molecular flexibility index (Phi) is 3.25. The second kappa shape index (κ2) is 4.23. The first-order valence-electron chi connectivity index (χ1n) is 4.31. The molecule has 1 aromatic heterocycles. The Labute approximate surface area is 78.4 Å². The molecule has 72 valence electrons. The van der Waals surface area contributed by atoms with E-state index >= 15 is 0 Å². The normalized spacial score (nSPS) is 12.6. The number of aromatic nitrogens is 1. The van der Waals surface area contributed by atoms with Gasteiger partial charge in [-0.2, -0.15) is 0 Å². The van der Waals surface area contributed by atoms with E-state index in [0.717, 1.165) is 11.1 Å². The highest BCUT2D eigenvalue weighted by atomic mass is 16.5. The van der Waals surface area contributed by atoms with Gasteiger partial charge in [-0.3, -0.25) is 0 Å². The van der Waals surface area contributed by atoms with E-state index in [-0.39, 0.29) is 6.10 Å². The van der Waals surface area contributed by atoms with Crippen LogP contribution in [0.3, 0.4) is 0 Å². The maximum Gasteiger partial charge on any atom is 0.215 e. The van der Waals surface area contributed by atoms with Gasteiger partial charge in [0.1, 0.15) is 0 Å². The fraction of sp³-hybridized carbons (Fsp3) is 0.500. The van der Waals surface area contributed by atoms with Gasteiger partial charge in [-0.05, 0) is 31.9 Å². The zero-order valence-corrected chi connectivity index (χ0v) is 8.24. The Morgan fingerprint density at radius 3 is 2.77 bits per heavy atom. The summed E-state index contributed by atoms with van der Waals surface area (Å²) in [6.07, 6.45) is 2.05. The second-order valence-corrected chi connectivity index (χ2v) is 3.22. The lowest BCUT2D eigenvalue weighted by atomic mass is 10.1. The first-order valence-corrected chi connectivity index (χ1v) is 4.31. The van der Waals surface area contributed by atoms with Crippen molar-refractivity contribution in [2.75, 3.05) is 7.11 Å². The van der Waals surface area contributed by atoms with E-state index in [1.54, 1.807) is 20.2 Å². The van der Waals surface area contributed by atoms with Gasteiger partial charge in [0.15, 0.2) is 0 Å². The smallest absolute Gasteiger partial charge is 0.215 e. The molecule has 0 amide bonds. The summed E-state index contributed by atoms with van der Waals surface area (Å²) in [7, 11) is 1.60. The van der Waals surface area contributed by atoms with E-state index in [2.05, 4.69) is 4.98 Å². The number of hydrogen-bond donors (Lipinski definition) is 1. The van der Waals surface area contributed by atoms with Crippen LogP contribution in [0.2, 0.25) is 0 Å². The first kappa shape index (κ1) is 9.99. The lowest BCUT2D eigenvalue weighted by Crippen LogP contribution is -2.05. The predicted octanol–water partition coefficient (Wildman–Crippen LogP) is 1.32. The summed E-state index contributed by atoms with van der Waals surface area (Å²) < 4.78 is 5.03. The summed E-state index contributed by atoms with van der Waals surface area (Å²) in [6.45, 7) is 3.71. The average molecular weight is 181 g/mol. The fourth-order valence-electron chi connectivity index (χ4n) is 1.29. The number of methoxy groups -OCH3 is 1. The highest BCUT2D eigenvalue weighted by Crippen LogP contribution is 2.15. The molecule has 13 heavy (non-hydrogen) atoms. The van der Waals surface area contributed by atoms with Gasteiger partial charge in [-0.1, -0.05) is 0 Å². The molecule has 3 nitrogen and oxygen atoms in total. The second-order valence-electron chi connectivity index (χ2n) is 3.22. The van der Waals surface area contributed by atoms with Crippen LogP contribution < -0.4 is 4.74 Å². The number of nitrogens with zero attached hydrogens (tertiary/aromatic N) is 1. The first-order chi connectivity index (χ1) is 6.13. The molecule has 1 rings (SSSR count). The summed E-state index contributed by atoms with van der Waals surface area (Å²) >= 11 is 0. The summed E-state index contributed by atoms with van der Waals surface area (Å²) in [5, 5.41) is 9.16. The van der Waals surface area contributed by atoms with Crippen molar-refractivity contribution in [1.29, 1.82) is 0 Å². The van der Waals surface area contributed by atoms with Crippen molar-refractivity contribution in [1.82, 2.24) is 4.98 Å². The van der Waals surface area contributed by atoms with Crippen LogP contribution in [0.15, 0.2) is 12.3 Å². The molecule has 0 saturated heterocycles. The minimum Gasteiger partial charge on any atom is -0.481 e. The van der Waals surface area contributed by atoms with Crippen LogP contribution in [0.4, 0.5) is 0 Å². The minimum atomic E-state index is -0.324. The van der Waals surface area contributed by atoms with E-state index in [0.29, 0.717) is 12.3 Å². The van der Waals surface area contributed by atoms with Gasteiger partial charge in [0, 0.05) is 11.8 Å². The molecule has 0 saturated carbocycles. The molecule has 0 spiro atoms. The highest BCUT2D eigenvalue weighted by molar-refractivity contribution is 5.28. The van der Waals surface area contributed by atoms with Gasteiger partial charge in [-0.25, -0.2) is 4.98 Å². The topological polar surface area (TPSA) is 42.4 Å². The fourth-order valence-corrected chi connectivity index (χ4v) is 1.29.